The van der Waals surface area contributed by atoms with Crippen LogP contribution in [0.5, 0.6) is 0 Å². The fourth-order valence-corrected chi connectivity index (χ4v) is 4.25. The zero-order valence-electron chi connectivity index (χ0n) is 17.6. The van der Waals surface area contributed by atoms with Crippen molar-refractivity contribution in [1.82, 2.24) is 0 Å². The van der Waals surface area contributed by atoms with Crippen LogP contribution in [-0.4, -0.2) is 0 Å². The molecule has 2 nitrogen and oxygen atoms in total. The zero-order valence-corrected chi connectivity index (χ0v) is 17.6. The maximum atomic E-state index is 6.60. The predicted octanol–water partition coefficient (Wildman–Crippen LogP) is 5.14. The van der Waals surface area contributed by atoms with E-state index in [4.69, 9.17) is 4.42 Å². The van der Waals surface area contributed by atoms with Crippen molar-refractivity contribution in [2.75, 3.05) is 0 Å². The number of benzene rings is 3. The van der Waals surface area contributed by atoms with E-state index in [0.29, 0.717) is 0 Å². The van der Waals surface area contributed by atoms with Gasteiger partial charge >= 0.3 is 0 Å². The molecule has 0 aliphatic carbocycles. The number of aromatic nitrogens is 1. The first-order valence-corrected chi connectivity index (χ1v) is 10.2. The number of aryl methyl sites for hydroxylation is 1. The summed E-state index contributed by atoms with van der Waals surface area (Å²) in [5.41, 5.74) is 5.08. The normalized spacial score (nSPS) is 13.4. The van der Waals surface area contributed by atoms with Gasteiger partial charge in [0.2, 0.25) is 5.69 Å². The molecule has 0 atom stereocenters. The Morgan fingerprint density at radius 3 is 2.37 bits per heavy atom. The minimum atomic E-state index is 0.836. The van der Waals surface area contributed by atoms with Gasteiger partial charge in [0.05, 0.1) is 5.57 Å². The topological polar surface area (TPSA) is 17.0 Å². The summed E-state index contributed by atoms with van der Waals surface area (Å²) < 4.78 is 8.73. The Kier molecular flexibility index (Phi) is 4.29. The summed E-state index contributed by atoms with van der Waals surface area (Å²) in [6.07, 6.45) is 4.19. The lowest BCUT2D eigenvalue weighted by molar-refractivity contribution is -0.673. The summed E-state index contributed by atoms with van der Waals surface area (Å²) in [6, 6.07) is 23.4. The van der Waals surface area contributed by atoms with Crippen molar-refractivity contribution in [2.24, 2.45) is 7.05 Å². The average Bonchev–Trinajstić information content (AvgIpc) is 3.10. The number of hydrogen-bond acceptors (Lipinski definition) is 1. The highest BCUT2D eigenvalue weighted by atomic mass is 16.3. The number of allylic oxidation sites excluding steroid dienone is 2. The molecule has 2 heteroatoms. The third-order valence-electron chi connectivity index (χ3n) is 6.01. The highest BCUT2D eigenvalue weighted by molar-refractivity contribution is 6.10. The molecule has 0 saturated carbocycles. The van der Waals surface area contributed by atoms with Crippen LogP contribution in [0.15, 0.2) is 89.0 Å². The van der Waals surface area contributed by atoms with Crippen LogP contribution < -0.4 is 15.2 Å². The van der Waals surface area contributed by atoms with Crippen molar-refractivity contribution >= 4 is 44.7 Å². The summed E-state index contributed by atoms with van der Waals surface area (Å²) in [5.74, 6) is 0. The number of pyridine rings is 1. The predicted molar refractivity (Wildman–Crippen MR) is 126 cm³/mol. The van der Waals surface area contributed by atoms with Crippen LogP contribution in [-0.2, 0) is 7.05 Å². The lowest BCUT2D eigenvalue weighted by Crippen LogP contribution is -2.35. The van der Waals surface area contributed by atoms with E-state index >= 15 is 0 Å². The molecule has 0 fully saturated rings. The van der Waals surface area contributed by atoms with Gasteiger partial charge in [0.25, 0.3) is 0 Å². The van der Waals surface area contributed by atoms with Crippen LogP contribution in [0.2, 0.25) is 0 Å². The second kappa shape index (κ2) is 7.00. The summed E-state index contributed by atoms with van der Waals surface area (Å²) in [6.45, 7) is 8.61. The second-order valence-corrected chi connectivity index (χ2v) is 7.82. The largest absolute Gasteiger partial charge is 0.455 e. The van der Waals surface area contributed by atoms with E-state index in [2.05, 4.69) is 105 Å². The van der Waals surface area contributed by atoms with E-state index in [0.717, 1.165) is 43.8 Å². The number of fused-ring (bicyclic) bond motifs is 4. The minimum Gasteiger partial charge on any atom is -0.455 e. The average molecular weight is 391 g/mol. The summed E-state index contributed by atoms with van der Waals surface area (Å²) in [4.78, 5) is 0. The van der Waals surface area contributed by atoms with E-state index in [1.54, 1.807) is 0 Å². The van der Waals surface area contributed by atoms with Crippen molar-refractivity contribution in [3.8, 4) is 0 Å². The SMILES string of the molecule is C=c1/c(=C(\C(C)=C/C)c2cccc[n+]2C)oc2c1ccc1cc3ccccc3cc12. The quantitative estimate of drug-likeness (QED) is 0.301. The van der Waals surface area contributed by atoms with Crippen molar-refractivity contribution in [3.05, 3.63) is 101 Å². The zero-order chi connectivity index (χ0) is 20.8. The molecular weight excluding hydrogens is 366 g/mol. The smallest absolute Gasteiger partial charge is 0.216 e. The lowest BCUT2D eigenvalue weighted by atomic mass is 10.0. The molecular formula is C28H24NO+. The Balaban J connectivity index is 1.96. The Morgan fingerprint density at radius 2 is 1.63 bits per heavy atom. The van der Waals surface area contributed by atoms with Gasteiger partial charge in [-0.25, -0.2) is 4.57 Å². The first-order chi connectivity index (χ1) is 14.6. The van der Waals surface area contributed by atoms with Gasteiger partial charge in [-0.2, -0.15) is 0 Å². The molecule has 30 heavy (non-hydrogen) atoms. The first kappa shape index (κ1) is 18.4. The molecule has 146 valence electrons. The van der Waals surface area contributed by atoms with E-state index < -0.39 is 0 Å². The van der Waals surface area contributed by atoms with Crippen molar-refractivity contribution in [3.63, 3.8) is 0 Å². The van der Waals surface area contributed by atoms with Crippen molar-refractivity contribution < 1.29 is 8.98 Å². The monoisotopic (exact) mass is 390 g/mol. The summed E-state index contributed by atoms with van der Waals surface area (Å²) in [7, 11) is 2.06. The number of rotatable bonds is 2. The van der Waals surface area contributed by atoms with Crippen LogP contribution in [0, 0.1) is 0 Å². The third-order valence-corrected chi connectivity index (χ3v) is 6.01. The molecule has 2 heterocycles. The molecule has 3 aromatic carbocycles. The van der Waals surface area contributed by atoms with Gasteiger partial charge in [0.15, 0.2) is 6.20 Å². The van der Waals surface area contributed by atoms with Crippen molar-refractivity contribution in [1.29, 1.82) is 0 Å². The highest BCUT2D eigenvalue weighted by Gasteiger charge is 2.18. The molecule has 5 rings (SSSR count). The van der Waals surface area contributed by atoms with Gasteiger partial charge in [-0.05, 0) is 59.8 Å². The van der Waals surface area contributed by atoms with E-state index in [9.17, 15) is 0 Å². The van der Waals surface area contributed by atoms with Gasteiger partial charge in [-0.15, -0.1) is 0 Å². The number of nitrogens with zero attached hydrogens (tertiary/aromatic N) is 1. The molecule has 0 aliphatic rings. The summed E-state index contributed by atoms with van der Waals surface area (Å²) >= 11 is 0. The molecule has 0 bridgehead atoms. The Hall–Kier alpha value is -3.65. The second-order valence-electron chi connectivity index (χ2n) is 7.82. The maximum absolute atomic E-state index is 6.60. The molecule has 0 spiro atoms. The van der Waals surface area contributed by atoms with Gasteiger partial charge in [0, 0.05) is 28.1 Å². The van der Waals surface area contributed by atoms with Gasteiger partial charge in [-0.1, -0.05) is 43.0 Å². The summed E-state index contributed by atoms with van der Waals surface area (Å²) in [5, 5.41) is 6.74. The molecule has 0 radical (unpaired) electrons. The number of hydrogen-bond donors (Lipinski definition) is 0. The van der Waals surface area contributed by atoms with E-state index in [-0.39, 0.29) is 0 Å². The fourth-order valence-electron chi connectivity index (χ4n) is 4.25. The molecule has 5 aromatic rings. The van der Waals surface area contributed by atoms with Crippen LogP contribution in [0.25, 0.3) is 44.7 Å². The standard InChI is InChI=1S/C28H24NO/c1-5-18(2)26(25-12-8-9-15-29(25)4)27-19(3)23-14-13-22-16-20-10-6-7-11-21(20)17-24(22)28(23)30-27/h5-17H,3H2,1-2,4H3/q+1/b18-5-,27-26-. The van der Waals surface area contributed by atoms with Gasteiger partial charge < -0.3 is 4.42 Å². The van der Waals surface area contributed by atoms with Crippen LogP contribution in [0.3, 0.4) is 0 Å². The van der Waals surface area contributed by atoms with E-state index in [1.165, 1.54) is 16.2 Å². The van der Waals surface area contributed by atoms with Crippen LogP contribution in [0.4, 0.5) is 0 Å². The molecule has 0 N–H and O–H groups in total. The molecule has 0 saturated heterocycles. The highest BCUT2D eigenvalue weighted by Crippen LogP contribution is 2.28. The van der Waals surface area contributed by atoms with Crippen LogP contribution in [0.1, 0.15) is 19.5 Å². The Bertz CT molecular complexity index is 1580. The third kappa shape index (κ3) is 2.76. The van der Waals surface area contributed by atoms with Crippen LogP contribution >= 0.6 is 0 Å². The molecule has 2 aromatic heterocycles. The fraction of sp³-hybridized carbons (Fsp3) is 0.107. The Labute approximate surface area is 175 Å². The number of furan rings is 1. The van der Waals surface area contributed by atoms with Gasteiger partial charge in [0.1, 0.15) is 18.0 Å². The Morgan fingerprint density at radius 1 is 0.900 bits per heavy atom. The van der Waals surface area contributed by atoms with E-state index in [1.807, 2.05) is 6.07 Å². The molecule has 0 unspecified atom stereocenters. The molecule has 0 aliphatic heterocycles. The first-order valence-electron chi connectivity index (χ1n) is 10.2. The lowest BCUT2D eigenvalue weighted by Gasteiger charge is -2.05. The maximum Gasteiger partial charge on any atom is 0.216 e. The van der Waals surface area contributed by atoms with Crippen molar-refractivity contribution in [2.45, 2.75) is 13.8 Å². The minimum absolute atomic E-state index is 0.836. The van der Waals surface area contributed by atoms with Gasteiger partial charge in [-0.3, -0.25) is 0 Å². The molecule has 0 amide bonds.